The average molecular weight is 385 g/mol. The second-order valence-corrected chi connectivity index (χ2v) is 7.57. The molecular weight excluding hydrogens is 362 g/mol. The minimum atomic E-state index is 0.0232. The molecule has 0 aliphatic carbocycles. The molecule has 3 saturated heterocycles. The summed E-state index contributed by atoms with van der Waals surface area (Å²) in [7, 11) is 1.63. The number of thioether (sulfide) groups is 1. The van der Waals surface area contributed by atoms with E-state index in [1.807, 2.05) is 42.8 Å². The second-order valence-electron chi connectivity index (χ2n) is 6.80. The van der Waals surface area contributed by atoms with Crippen LogP contribution in [0.4, 0.5) is 11.5 Å². The van der Waals surface area contributed by atoms with E-state index < -0.39 is 0 Å². The first-order valence-corrected chi connectivity index (χ1v) is 10.2. The van der Waals surface area contributed by atoms with Crippen molar-refractivity contribution in [1.29, 1.82) is 0 Å². The molecule has 1 N–H and O–H groups in total. The van der Waals surface area contributed by atoms with Crippen LogP contribution in [0, 0.1) is 0 Å². The highest BCUT2D eigenvalue weighted by atomic mass is 32.2. The van der Waals surface area contributed by atoms with E-state index >= 15 is 0 Å². The fourth-order valence-electron chi connectivity index (χ4n) is 3.78. The van der Waals surface area contributed by atoms with Crippen LogP contribution >= 0.6 is 11.8 Å². The van der Waals surface area contributed by atoms with Gasteiger partial charge in [0.1, 0.15) is 11.6 Å². The normalized spacial score (nSPS) is 21.5. The van der Waals surface area contributed by atoms with Crippen molar-refractivity contribution in [2.75, 3.05) is 43.2 Å². The summed E-state index contributed by atoms with van der Waals surface area (Å²) in [5, 5.41) is 3.76. The minimum absolute atomic E-state index is 0.0232. The van der Waals surface area contributed by atoms with Gasteiger partial charge in [-0.05, 0) is 43.0 Å². The zero-order valence-electron chi connectivity index (χ0n) is 15.5. The Balaban J connectivity index is 1.32. The SMILES string of the molecule is COc1ccc(NC(=O)CN2C3CC2CN(c2ccnc(SC)n2)C3)cc1. The van der Waals surface area contributed by atoms with Crippen molar-refractivity contribution < 1.29 is 9.53 Å². The molecule has 1 amide bonds. The predicted octanol–water partition coefficient (Wildman–Crippen LogP) is 2.11. The molecule has 0 spiro atoms. The summed E-state index contributed by atoms with van der Waals surface area (Å²) < 4.78 is 5.14. The molecule has 3 aliphatic heterocycles. The van der Waals surface area contributed by atoms with Gasteiger partial charge >= 0.3 is 0 Å². The maximum absolute atomic E-state index is 12.4. The van der Waals surface area contributed by atoms with Crippen LogP contribution in [-0.4, -0.2) is 65.9 Å². The Labute approximate surface area is 163 Å². The van der Waals surface area contributed by atoms with Gasteiger partial charge in [0.05, 0.1) is 13.7 Å². The lowest BCUT2D eigenvalue weighted by atomic mass is 9.87. The molecule has 1 aromatic heterocycles. The molecule has 142 valence electrons. The van der Waals surface area contributed by atoms with Gasteiger partial charge in [-0.2, -0.15) is 0 Å². The number of carbonyl (C=O) groups is 1. The largest absolute Gasteiger partial charge is 0.497 e. The fraction of sp³-hybridized carbons (Fsp3) is 0.421. The molecule has 27 heavy (non-hydrogen) atoms. The molecule has 3 fully saturated rings. The quantitative estimate of drug-likeness (QED) is 0.603. The van der Waals surface area contributed by atoms with Gasteiger partial charge in [0.25, 0.3) is 0 Å². The molecule has 0 radical (unpaired) electrons. The number of nitrogens with one attached hydrogen (secondary N) is 1. The van der Waals surface area contributed by atoms with E-state index in [0.717, 1.165) is 41.9 Å². The highest BCUT2D eigenvalue weighted by molar-refractivity contribution is 7.98. The van der Waals surface area contributed by atoms with Gasteiger partial charge in [0.15, 0.2) is 5.16 Å². The first-order valence-electron chi connectivity index (χ1n) is 8.98. The van der Waals surface area contributed by atoms with Gasteiger partial charge in [-0.1, -0.05) is 11.8 Å². The predicted molar refractivity (Wildman–Crippen MR) is 107 cm³/mol. The smallest absolute Gasteiger partial charge is 0.238 e. The summed E-state index contributed by atoms with van der Waals surface area (Å²) in [4.78, 5) is 25.9. The molecule has 5 rings (SSSR count). The van der Waals surface area contributed by atoms with E-state index in [2.05, 4.69) is 25.1 Å². The molecule has 2 aromatic rings. The van der Waals surface area contributed by atoms with Crippen molar-refractivity contribution in [2.24, 2.45) is 0 Å². The number of hydrogen-bond donors (Lipinski definition) is 1. The van der Waals surface area contributed by atoms with Gasteiger partial charge < -0.3 is 15.0 Å². The Morgan fingerprint density at radius 1 is 1.26 bits per heavy atom. The van der Waals surface area contributed by atoms with Crippen LogP contribution in [0.25, 0.3) is 0 Å². The van der Waals surface area contributed by atoms with Gasteiger partial charge in [-0.3, -0.25) is 9.69 Å². The number of nitrogens with zero attached hydrogens (tertiary/aromatic N) is 4. The number of fused-ring (bicyclic) bond motifs is 2. The summed E-state index contributed by atoms with van der Waals surface area (Å²) in [6.45, 7) is 2.23. The van der Waals surface area contributed by atoms with Gasteiger partial charge in [-0.25, -0.2) is 9.97 Å². The molecule has 8 heteroatoms. The van der Waals surface area contributed by atoms with Crippen molar-refractivity contribution in [1.82, 2.24) is 14.9 Å². The van der Waals surface area contributed by atoms with Crippen LogP contribution < -0.4 is 15.0 Å². The molecule has 0 saturated carbocycles. The van der Waals surface area contributed by atoms with Gasteiger partial charge in [0, 0.05) is 37.1 Å². The summed E-state index contributed by atoms with van der Waals surface area (Å²) in [5.74, 6) is 1.78. The molecule has 4 heterocycles. The van der Waals surface area contributed by atoms with E-state index in [0.29, 0.717) is 18.6 Å². The average Bonchev–Trinajstić information content (AvgIpc) is 2.72. The maximum atomic E-state index is 12.4. The number of amides is 1. The highest BCUT2D eigenvalue weighted by Gasteiger charge is 2.45. The molecular formula is C19H23N5O2S. The van der Waals surface area contributed by atoms with Crippen LogP contribution in [0.5, 0.6) is 5.75 Å². The van der Waals surface area contributed by atoms with E-state index in [1.54, 1.807) is 18.9 Å². The fourth-order valence-corrected chi connectivity index (χ4v) is 4.13. The van der Waals surface area contributed by atoms with Crippen molar-refractivity contribution in [3.8, 4) is 5.75 Å². The number of benzene rings is 1. The minimum Gasteiger partial charge on any atom is -0.497 e. The number of methoxy groups -OCH3 is 1. The Kier molecular flexibility index (Phi) is 5.18. The van der Waals surface area contributed by atoms with Crippen molar-refractivity contribution >= 4 is 29.2 Å². The first kappa shape index (κ1) is 18.1. The number of piperazine rings is 1. The molecule has 2 bridgehead atoms. The third-order valence-corrected chi connectivity index (χ3v) is 5.73. The van der Waals surface area contributed by atoms with Crippen LogP contribution in [-0.2, 0) is 4.79 Å². The Morgan fingerprint density at radius 2 is 2.00 bits per heavy atom. The molecule has 2 unspecified atom stereocenters. The van der Waals surface area contributed by atoms with E-state index in [-0.39, 0.29) is 5.91 Å². The third kappa shape index (κ3) is 3.86. The van der Waals surface area contributed by atoms with E-state index in [9.17, 15) is 4.79 Å². The lowest BCUT2D eigenvalue weighted by Gasteiger charge is -2.56. The van der Waals surface area contributed by atoms with Crippen LogP contribution in [0.15, 0.2) is 41.7 Å². The number of piperidine rings is 1. The molecule has 7 nitrogen and oxygen atoms in total. The van der Waals surface area contributed by atoms with Gasteiger partial charge in [-0.15, -0.1) is 0 Å². The summed E-state index contributed by atoms with van der Waals surface area (Å²) in [6, 6.07) is 10.2. The van der Waals surface area contributed by atoms with Crippen LogP contribution in [0.1, 0.15) is 6.42 Å². The summed E-state index contributed by atoms with van der Waals surface area (Å²) in [6.07, 6.45) is 4.94. The zero-order chi connectivity index (χ0) is 18.8. The van der Waals surface area contributed by atoms with E-state index in [4.69, 9.17) is 4.74 Å². The number of ether oxygens (including phenoxy) is 1. The van der Waals surface area contributed by atoms with Crippen molar-refractivity contribution in [3.63, 3.8) is 0 Å². The lowest BCUT2D eigenvalue weighted by molar-refractivity contribution is -0.121. The summed E-state index contributed by atoms with van der Waals surface area (Å²) in [5.41, 5.74) is 0.790. The zero-order valence-corrected chi connectivity index (χ0v) is 16.3. The lowest BCUT2D eigenvalue weighted by Crippen LogP contribution is -2.69. The third-order valence-electron chi connectivity index (χ3n) is 5.17. The van der Waals surface area contributed by atoms with Crippen molar-refractivity contribution in [2.45, 2.75) is 23.7 Å². The second kappa shape index (κ2) is 7.74. The number of rotatable bonds is 6. The van der Waals surface area contributed by atoms with Crippen LogP contribution in [0.2, 0.25) is 0 Å². The Morgan fingerprint density at radius 3 is 2.67 bits per heavy atom. The topological polar surface area (TPSA) is 70.6 Å². The number of hydrogen-bond acceptors (Lipinski definition) is 7. The van der Waals surface area contributed by atoms with Crippen molar-refractivity contribution in [3.05, 3.63) is 36.5 Å². The number of anilines is 2. The Hall–Kier alpha value is -2.32. The Bertz CT molecular complexity index is 804. The molecule has 1 aromatic carbocycles. The molecule has 3 aliphatic rings. The van der Waals surface area contributed by atoms with Gasteiger partial charge in [0.2, 0.25) is 5.91 Å². The highest BCUT2D eigenvalue weighted by Crippen LogP contribution is 2.34. The molecule has 2 atom stereocenters. The standard InChI is InChI=1S/C19H23N5O2S/c1-26-16-5-3-13(4-6-16)21-18(25)12-24-14-9-15(24)11-23(10-14)17-7-8-20-19(22-17)27-2/h3-8,14-15H,9-12H2,1-2H3,(H,21,25). The summed E-state index contributed by atoms with van der Waals surface area (Å²) >= 11 is 1.55. The monoisotopic (exact) mass is 385 g/mol. The number of aromatic nitrogens is 2. The van der Waals surface area contributed by atoms with Crippen LogP contribution in [0.3, 0.4) is 0 Å². The number of carbonyl (C=O) groups excluding carboxylic acids is 1. The van der Waals surface area contributed by atoms with E-state index in [1.165, 1.54) is 0 Å². The maximum Gasteiger partial charge on any atom is 0.238 e. The first-order chi connectivity index (χ1) is 13.2.